The molecule has 1 aliphatic rings. The molecule has 0 spiro atoms. The normalized spacial score (nSPS) is 16.1. The number of thioether (sulfide) groups is 1. The van der Waals surface area contributed by atoms with Crippen molar-refractivity contribution in [2.75, 3.05) is 30.1 Å². The van der Waals surface area contributed by atoms with Crippen molar-refractivity contribution < 1.29 is 24.2 Å². The lowest BCUT2D eigenvalue weighted by molar-refractivity contribution is -0.122. The Morgan fingerprint density at radius 2 is 1.93 bits per heavy atom. The molecule has 146 valence electrons. The van der Waals surface area contributed by atoms with Crippen molar-refractivity contribution in [3.8, 4) is 5.75 Å². The van der Waals surface area contributed by atoms with Gasteiger partial charge in [-0.15, -0.1) is 11.8 Å². The summed E-state index contributed by atoms with van der Waals surface area (Å²) < 4.78 is 4.61. The molecule has 0 bridgehead atoms. The first-order chi connectivity index (χ1) is 13.4. The zero-order chi connectivity index (χ0) is 20.3. The molecule has 7 nitrogen and oxygen atoms in total. The van der Waals surface area contributed by atoms with Crippen molar-refractivity contribution in [1.82, 2.24) is 0 Å². The van der Waals surface area contributed by atoms with E-state index in [9.17, 15) is 19.5 Å². The molecule has 1 heterocycles. The first-order valence-corrected chi connectivity index (χ1v) is 9.82. The summed E-state index contributed by atoms with van der Waals surface area (Å²) in [6.45, 7) is 0.251. The van der Waals surface area contributed by atoms with Gasteiger partial charge in [0.05, 0.1) is 18.7 Å². The first kappa shape index (κ1) is 19.8. The average Bonchev–Trinajstić information content (AvgIpc) is 3.11. The Labute approximate surface area is 166 Å². The number of para-hydroxylation sites is 1. The van der Waals surface area contributed by atoms with Crippen molar-refractivity contribution >= 4 is 40.9 Å². The number of hydrogen-bond acceptors (Lipinski definition) is 6. The number of benzene rings is 2. The lowest BCUT2D eigenvalue weighted by Gasteiger charge is -2.17. The molecule has 2 N–H and O–H groups in total. The average molecular weight is 400 g/mol. The van der Waals surface area contributed by atoms with Gasteiger partial charge in [-0.05, 0) is 42.7 Å². The van der Waals surface area contributed by atoms with E-state index >= 15 is 0 Å². The van der Waals surface area contributed by atoms with Crippen LogP contribution in [0.2, 0.25) is 0 Å². The number of hydrogen-bond donors (Lipinski definition) is 2. The van der Waals surface area contributed by atoms with E-state index < -0.39 is 17.8 Å². The Kier molecular flexibility index (Phi) is 5.89. The molecule has 2 amide bonds. The molecule has 0 saturated carbocycles. The van der Waals surface area contributed by atoms with Crippen LogP contribution < -0.4 is 10.2 Å². The monoisotopic (exact) mass is 400 g/mol. The molecule has 0 radical (unpaired) electrons. The second-order valence-corrected chi connectivity index (χ2v) is 7.17. The third-order valence-corrected chi connectivity index (χ3v) is 5.32. The summed E-state index contributed by atoms with van der Waals surface area (Å²) in [6.07, 6.45) is 2.05. The summed E-state index contributed by atoms with van der Waals surface area (Å²) in [5, 5.41) is 12.8. The minimum absolute atomic E-state index is 0.0432. The van der Waals surface area contributed by atoms with Crippen LogP contribution in [0.3, 0.4) is 0 Å². The van der Waals surface area contributed by atoms with Crippen LogP contribution in [0.25, 0.3) is 0 Å². The fourth-order valence-corrected chi connectivity index (χ4v) is 3.46. The molecule has 3 rings (SSSR count). The number of esters is 1. The molecular formula is C20H20N2O5S. The Morgan fingerprint density at radius 1 is 1.21 bits per heavy atom. The van der Waals surface area contributed by atoms with Crippen LogP contribution in [0.4, 0.5) is 11.4 Å². The van der Waals surface area contributed by atoms with E-state index in [1.165, 1.54) is 25.3 Å². The molecule has 28 heavy (non-hydrogen) atoms. The van der Waals surface area contributed by atoms with Gasteiger partial charge < -0.3 is 20.1 Å². The maximum absolute atomic E-state index is 12.6. The molecule has 8 heteroatoms. The number of rotatable bonds is 5. The lowest BCUT2D eigenvalue weighted by Crippen LogP contribution is -2.28. The van der Waals surface area contributed by atoms with E-state index in [0.29, 0.717) is 0 Å². The van der Waals surface area contributed by atoms with E-state index in [1.54, 1.807) is 16.7 Å². The predicted octanol–water partition coefficient (Wildman–Crippen LogP) is 2.89. The van der Waals surface area contributed by atoms with Crippen LogP contribution >= 0.6 is 11.8 Å². The third kappa shape index (κ3) is 3.96. The molecule has 1 saturated heterocycles. The highest BCUT2D eigenvalue weighted by Gasteiger charge is 2.35. The topological polar surface area (TPSA) is 95.9 Å². The van der Waals surface area contributed by atoms with Crippen molar-refractivity contribution in [2.24, 2.45) is 5.92 Å². The van der Waals surface area contributed by atoms with Gasteiger partial charge in [0.25, 0.3) is 0 Å². The van der Waals surface area contributed by atoms with E-state index in [1.807, 2.05) is 30.5 Å². The Balaban J connectivity index is 1.72. The third-order valence-electron chi connectivity index (χ3n) is 4.58. The molecule has 1 unspecified atom stereocenters. The molecule has 0 aromatic heterocycles. The number of phenolic OH excluding ortho intramolecular Hbond substituents is 1. The number of phenols is 1. The highest BCUT2D eigenvalue weighted by molar-refractivity contribution is 7.98. The van der Waals surface area contributed by atoms with Gasteiger partial charge in [-0.3, -0.25) is 9.59 Å². The minimum Gasteiger partial charge on any atom is -0.505 e. The van der Waals surface area contributed by atoms with Gasteiger partial charge in [-0.1, -0.05) is 6.07 Å². The van der Waals surface area contributed by atoms with Gasteiger partial charge in [0, 0.05) is 23.5 Å². The van der Waals surface area contributed by atoms with Crippen LogP contribution in [-0.2, 0) is 14.3 Å². The Morgan fingerprint density at radius 3 is 2.57 bits per heavy atom. The van der Waals surface area contributed by atoms with Gasteiger partial charge in [0.2, 0.25) is 11.8 Å². The second kappa shape index (κ2) is 8.35. The number of anilines is 2. The molecular weight excluding hydrogens is 380 g/mol. The van der Waals surface area contributed by atoms with E-state index in [0.717, 1.165) is 10.6 Å². The van der Waals surface area contributed by atoms with Crippen molar-refractivity contribution in [1.29, 1.82) is 0 Å². The van der Waals surface area contributed by atoms with Gasteiger partial charge in [-0.2, -0.15) is 0 Å². The number of methoxy groups -OCH3 is 1. The van der Waals surface area contributed by atoms with Gasteiger partial charge in [0.1, 0.15) is 5.56 Å². The maximum atomic E-state index is 12.6. The number of carbonyl (C=O) groups is 3. The van der Waals surface area contributed by atoms with Crippen LogP contribution in [0.1, 0.15) is 16.8 Å². The summed E-state index contributed by atoms with van der Waals surface area (Å²) in [5.41, 5.74) is 0.801. The Bertz CT molecular complexity index is 913. The molecule has 0 aliphatic carbocycles. The number of carbonyl (C=O) groups excluding carboxylic acids is 3. The van der Waals surface area contributed by atoms with Crippen LogP contribution in [0.15, 0.2) is 47.4 Å². The second-order valence-electron chi connectivity index (χ2n) is 6.29. The molecule has 2 aromatic rings. The fourth-order valence-electron chi connectivity index (χ4n) is 3.05. The zero-order valence-corrected chi connectivity index (χ0v) is 16.3. The first-order valence-electron chi connectivity index (χ1n) is 8.60. The number of ether oxygens (including phenoxy) is 1. The fraction of sp³-hybridized carbons (Fsp3) is 0.250. The largest absolute Gasteiger partial charge is 0.505 e. The van der Waals surface area contributed by atoms with Gasteiger partial charge in [-0.25, -0.2) is 4.79 Å². The van der Waals surface area contributed by atoms with E-state index in [-0.39, 0.29) is 35.9 Å². The number of nitrogens with zero attached hydrogens (tertiary/aromatic N) is 1. The summed E-state index contributed by atoms with van der Waals surface area (Å²) in [4.78, 5) is 39.3. The van der Waals surface area contributed by atoms with Crippen LogP contribution in [0.5, 0.6) is 5.75 Å². The predicted molar refractivity (Wildman–Crippen MR) is 107 cm³/mol. The highest BCUT2D eigenvalue weighted by atomic mass is 32.2. The summed E-state index contributed by atoms with van der Waals surface area (Å²) in [6, 6.07) is 12.0. The molecule has 1 aliphatic heterocycles. The summed E-state index contributed by atoms with van der Waals surface area (Å²) >= 11 is 1.61. The summed E-state index contributed by atoms with van der Waals surface area (Å²) in [7, 11) is 1.21. The van der Waals surface area contributed by atoms with Gasteiger partial charge in [0.15, 0.2) is 5.75 Å². The van der Waals surface area contributed by atoms with Gasteiger partial charge >= 0.3 is 5.97 Å². The number of nitrogens with one attached hydrogen (secondary N) is 1. The SMILES string of the molecule is COC(=O)c1cccc(NC(=O)C2CC(=O)N(c3ccc(SC)cc3)C2)c1O. The number of amides is 2. The van der Waals surface area contributed by atoms with Crippen molar-refractivity contribution in [3.05, 3.63) is 48.0 Å². The zero-order valence-electron chi connectivity index (χ0n) is 15.5. The smallest absolute Gasteiger partial charge is 0.341 e. The number of aromatic hydroxyl groups is 1. The van der Waals surface area contributed by atoms with Crippen LogP contribution in [-0.4, -0.2) is 42.8 Å². The Hall–Kier alpha value is -3.00. The molecule has 2 aromatic carbocycles. The molecule has 1 fully saturated rings. The lowest BCUT2D eigenvalue weighted by atomic mass is 10.1. The quantitative estimate of drug-likeness (QED) is 0.455. The maximum Gasteiger partial charge on any atom is 0.341 e. The standard InChI is InChI=1S/C20H20N2O5S/c1-27-20(26)15-4-3-5-16(18(15)24)21-19(25)12-10-17(23)22(11-12)13-6-8-14(28-2)9-7-13/h3-9,12,24H,10-11H2,1-2H3,(H,21,25). The minimum atomic E-state index is -0.704. The van der Waals surface area contributed by atoms with Crippen LogP contribution in [0, 0.1) is 5.92 Å². The van der Waals surface area contributed by atoms with E-state index in [2.05, 4.69) is 10.1 Å². The van der Waals surface area contributed by atoms with E-state index in [4.69, 9.17) is 0 Å². The van der Waals surface area contributed by atoms with Crippen molar-refractivity contribution in [3.63, 3.8) is 0 Å². The van der Waals surface area contributed by atoms with Crippen molar-refractivity contribution in [2.45, 2.75) is 11.3 Å². The highest BCUT2D eigenvalue weighted by Crippen LogP contribution is 2.31. The molecule has 1 atom stereocenters. The summed E-state index contributed by atoms with van der Waals surface area (Å²) in [5.74, 6) is -2.16.